The Labute approximate surface area is 230 Å². The number of hydrogen-bond donors (Lipinski definition) is 1. The van der Waals surface area contributed by atoms with Gasteiger partial charge in [0.15, 0.2) is 0 Å². The molecule has 1 saturated carbocycles. The molecule has 9 nitrogen and oxygen atoms in total. The molecule has 0 bridgehead atoms. The molecule has 1 aromatic heterocycles. The van der Waals surface area contributed by atoms with Gasteiger partial charge >= 0.3 is 5.97 Å². The number of nitrogens with zero attached hydrogens (tertiary/aromatic N) is 4. The predicted octanol–water partition coefficient (Wildman–Crippen LogP) is 8.11. The molecule has 0 radical (unpaired) electrons. The van der Waals surface area contributed by atoms with Crippen LogP contribution < -0.4 is 5.32 Å². The third kappa shape index (κ3) is 10.7. The molecule has 0 spiro atoms. The number of aliphatic imine (C=N–C) groups is 1. The van der Waals surface area contributed by atoms with E-state index in [1.165, 1.54) is 55.2 Å². The maximum atomic E-state index is 11.7. The van der Waals surface area contributed by atoms with Gasteiger partial charge in [-0.3, -0.25) is 19.9 Å². The van der Waals surface area contributed by atoms with Crippen LogP contribution in [0.1, 0.15) is 98.0 Å². The summed E-state index contributed by atoms with van der Waals surface area (Å²) in [5.41, 5.74) is 4.93. The highest BCUT2D eigenvalue weighted by molar-refractivity contribution is 7.13. The molecular formula is C28H41N5O4S. The summed E-state index contributed by atoms with van der Waals surface area (Å²) in [6.07, 6.45) is 11.9. The zero-order valence-electron chi connectivity index (χ0n) is 23.2. The van der Waals surface area contributed by atoms with E-state index in [1.807, 2.05) is 33.0 Å². The number of hydrogen-bond acceptors (Lipinski definition) is 9. The third-order valence-corrected chi connectivity index (χ3v) is 6.78. The number of aromatic nitrogens is 2. The maximum Gasteiger partial charge on any atom is 0.305 e. The average Bonchev–Trinajstić information content (AvgIpc) is 3.42. The first-order valence-electron chi connectivity index (χ1n) is 13.5. The number of ether oxygens (including phenoxy) is 1. The second kappa shape index (κ2) is 16.7. The van der Waals surface area contributed by atoms with Gasteiger partial charge in [0.2, 0.25) is 5.13 Å². The minimum absolute atomic E-state index is 0.0300. The normalized spacial score (nSPS) is 14.6. The van der Waals surface area contributed by atoms with E-state index < -0.39 is 0 Å². The second-order valence-corrected chi connectivity index (χ2v) is 10.5. The molecular weight excluding hydrogens is 502 g/mol. The number of esters is 1. The molecule has 0 amide bonds. The quantitative estimate of drug-likeness (QED) is 0.131. The lowest BCUT2D eigenvalue weighted by atomic mass is 9.84. The first kappa shape index (κ1) is 31.1. The van der Waals surface area contributed by atoms with Crippen molar-refractivity contribution in [3.05, 3.63) is 45.6 Å². The highest BCUT2D eigenvalue weighted by Crippen LogP contribution is 2.31. The van der Waals surface area contributed by atoms with Crippen LogP contribution >= 0.6 is 11.3 Å². The van der Waals surface area contributed by atoms with Crippen molar-refractivity contribution >= 4 is 45.1 Å². The Kier molecular flexibility index (Phi) is 13.6. The molecule has 38 heavy (non-hydrogen) atoms. The van der Waals surface area contributed by atoms with Crippen LogP contribution in [0, 0.1) is 16.0 Å². The number of allylic oxidation sites excluding steroid dienone is 1. The third-order valence-electron chi connectivity index (χ3n) is 6.17. The van der Waals surface area contributed by atoms with E-state index in [4.69, 9.17) is 9.73 Å². The lowest BCUT2D eigenvalue weighted by Gasteiger charge is -2.23. The van der Waals surface area contributed by atoms with Gasteiger partial charge in [-0.2, -0.15) is 0 Å². The number of carbonyl (C=O) groups is 1. The molecule has 0 atom stereocenters. The van der Waals surface area contributed by atoms with E-state index in [9.17, 15) is 14.9 Å². The topological polar surface area (TPSA) is 120 Å². The van der Waals surface area contributed by atoms with Crippen molar-refractivity contribution in [3.63, 3.8) is 0 Å². The Bertz CT molecular complexity index is 1080. The fraction of sp³-hybridized carbons (Fsp3) is 0.571. The van der Waals surface area contributed by atoms with Crippen LogP contribution in [0.2, 0.25) is 0 Å². The monoisotopic (exact) mass is 543 g/mol. The number of benzene rings is 1. The summed E-state index contributed by atoms with van der Waals surface area (Å²) in [7, 11) is 0. The molecule has 10 heteroatoms. The number of carbonyl (C=O) groups excluding carboxylic acids is 1. The van der Waals surface area contributed by atoms with Crippen molar-refractivity contribution in [2.45, 2.75) is 98.5 Å². The van der Waals surface area contributed by atoms with E-state index in [-0.39, 0.29) is 22.7 Å². The Morgan fingerprint density at radius 2 is 2.03 bits per heavy atom. The van der Waals surface area contributed by atoms with Crippen molar-refractivity contribution in [2.75, 3.05) is 5.32 Å². The molecule has 3 rings (SSSR count). The van der Waals surface area contributed by atoms with E-state index in [1.54, 1.807) is 18.5 Å². The minimum Gasteiger partial charge on any atom is -0.463 e. The van der Waals surface area contributed by atoms with Gasteiger partial charge in [-0.05, 0) is 70.1 Å². The van der Waals surface area contributed by atoms with Crippen molar-refractivity contribution < 1.29 is 14.5 Å². The summed E-state index contributed by atoms with van der Waals surface area (Å²) >= 11 is 1.34. The smallest absolute Gasteiger partial charge is 0.305 e. The van der Waals surface area contributed by atoms with E-state index in [0.717, 1.165) is 24.8 Å². The van der Waals surface area contributed by atoms with Crippen LogP contribution in [0.3, 0.4) is 0 Å². The maximum absolute atomic E-state index is 11.7. The van der Waals surface area contributed by atoms with Crippen LogP contribution in [0.5, 0.6) is 0 Å². The highest BCUT2D eigenvalue weighted by Gasteiger charge is 2.19. The minimum atomic E-state index is -0.346. The number of nitro groups is 1. The molecule has 0 aliphatic heterocycles. The van der Waals surface area contributed by atoms with E-state index >= 15 is 0 Å². The molecule has 0 saturated heterocycles. The average molecular weight is 544 g/mol. The Morgan fingerprint density at radius 1 is 1.29 bits per heavy atom. The molecule has 1 N–H and O–H groups in total. The first-order chi connectivity index (χ1) is 18.2. The molecule has 208 valence electrons. The van der Waals surface area contributed by atoms with Crippen LogP contribution in [-0.2, 0) is 9.53 Å². The standard InChI is InChI=1S/C22H29N5O2S.C6H12O2/c1-3-4-10-20(17-8-6-5-7-9-17)23-14-16(2)19-12-11-18(13-21(19)27(28)29)25-22-26-24-15-30-22;1-4-6(7)8-5(2)3/h11-15,17H,3-10H2,1-2H3,(H,25,26);5H,4H2,1-3H3/b16-14+,23-20?;. The Hall–Kier alpha value is -3.14. The molecule has 0 unspecified atom stereocenters. The van der Waals surface area contributed by atoms with Gasteiger partial charge < -0.3 is 10.1 Å². The molecule has 1 heterocycles. The van der Waals surface area contributed by atoms with Gasteiger partial charge in [0.1, 0.15) is 5.51 Å². The number of rotatable bonds is 11. The molecule has 1 aliphatic rings. The van der Waals surface area contributed by atoms with Crippen molar-refractivity contribution in [1.29, 1.82) is 0 Å². The SMILES string of the molecule is CCC(=O)OC(C)C.CCCCC(=N/C=C(\C)c1ccc(Nc2nncs2)cc1[N+](=O)[O-])C1CCCCC1. The number of anilines is 2. The van der Waals surface area contributed by atoms with Gasteiger partial charge in [-0.1, -0.05) is 50.9 Å². The summed E-state index contributed by atoms with van der Waals surface area (Å²) in [5, 5.41) is 23.0. The van der Waals surface area contributed by atoms with Crippen LogP contribution in [-0.4, -0.2) is 32.9 Å². The zero-order chi connectivity index (χ0) is 27.9. The van der Waals surface area contributed by atoms with Crippen LogP contribution in [0.25, 0.3) is 5.57 Å². The van der Waals surface area contributed by atoms with Crippen LogP contribution in [0.4, 0.5) is 16.5 Å². The fourth-order valence-corrected chi connectivity index (χ4v) is 4.67. The van der Waals surface area contributed by atoms with Gasteiger partial charge in [0.25, 0.3) is 5.69 Å². The van der Waals surface area contributed by atoms with E-state index in [2.05, 4.69) is 22.4 Å². The van der Waals surface area contributed by atoms with Gasteiger partial charge in [0, 0.05) is 30.1 Å². The summed E-state index contributed by atoms with van der Waals surface area (Å²) in [6, 6.07) is 5.13. The number of nitro benzene ring substituents is 1. The van der Waals surface area contributed by atoms with Gasteiger partial charge in [-0.15, -0.1) is 10.2 Å². The zero-order valence-corrected chi connectivity index (χ0v) is 24.1. The number of unbranched alkanes of at least 4 members (excludes halogenated alkanes) is 1. The van der Waals surface area contributed by atoms with Crippen molar-refractivity contribution in [1.82, 2.24) is 10.2 Å². The van der Waals surface area contributed by atoms with E-state index in [0.29, 0.717) is 28.7 Å². The Morgan fingerprint density at radius 3 is 2.58 bits per heavy atom. The molecule has 1 aliphatic carbocycles. The second-order valence-electron chi connectivity index (χ2n) is 9.62. The van der Waals surface area contributed by atoms with Gasteiger partial charge in [-0.25, -0.2) is 0 Å². The molecule has 1 aromatic carbocycles. The Balaban J connectivity index is 0.000000550. The van der Waals surface area contributed by atoms with Gasteiger partial charge in [0.05, 0.1) is 16.6 Å². The summed E-state index contributed by atoms with van der Waals surface area (Å²) in [4.78, 5) is 26.6. The highest BCUT2D eigenvalue weighted by atomic mass is 32.1. The lowest BCUT2D eigenvalue weighted by molar-refractivity contribution is -0.385. The fourth-order valence-electron chi connectivity index (χ4n) is 4.21. The van der Waals surface area contributed by atoms with Crippen LogP contribution in [0.15, 0.2) is 34.9 Å². The predicted molar refractivity (Wildman–Crippen MR) is 155 cm³/mol. The molecule has 2 aromatic rings. The largest absolute Gasteiger partial charge is 0.463 e. The van der Waals surface area contributed by atoms with Crippen molar-refractivity contribution in [2.24, 2.45) is 10.9 Å². The lowest BCUT2D eigenvalue weighted by Crippen LogP contribution is -2.17. The number of nitrogens with one attached hydrogen (secondary N) is 1. The van der Waals surface area contributed by atoms with Crippen molar-refractivity contribution in [3.8, 4) is 0 Å². The summed E-state index contributed by atoms with van der Waals surface area (Å²) < 4.78 is 4.76. The first-order valence-corrected chi connectivity index (χ1v) is 14.4. The molecule has 1 fully saturated rings. The summed E-state index contributed by atoms with van der Waals surface area (Å²) in [5.74, 6) is 0.433. The summed E-state index contributed by atoms with van der Waals surface area (Å²) in [6.45, 7) is 9.55.